The van der Waals surface area contributed by atoms with Crippen LogP contribution >= 0.6 is 0 Å². The fourth-order valence-corrected chi connectivity index (χ4v) is 1.96. The summed E-state index contributed by atoms with van der Waals surface area (Å²) in [4.78, 5) is 3.95. The van der Waals surface area contributed by atoms with Gasteiger partial charge < -0.3 is 10.4 Å². The van der Waals surface area contributed by atoms with Crippen LogP contribution in [0.25, 0.3) is 0 Å². The molecule has 0 aliphatic carbocycles. The Morgan fingerprint density at radius 3 is 2.20 bits per heavy atom. The smallest absolute Gasteiger partial charge is 0.265 e. The molecule has 2 rings (SSSR count). The van der Waals surface area contributed by atoms with Gasteiger partial charge in [0.1, 0.15) is 6.10 Å². The van der Waals surface area contributed by atoms with Crippen LogP contribution in [-0.4, -0.2) is 29.2 Å². The van der Waals surface area contributed by atoms with Gasteiger partial charge in [0.15, 0.2) is 0 Å². The highest BCUT2D eigenvalue weighted by molar-refractivity contribution is 5.30. The van der Waals surface area contributed by atoms with E-state index in [1.807, 2.05) is 42.5 Å². The first-order chi connectivity index (χ1) is 9.68. The van der Waals surface area contributed by atoms with Crippen molar-refractivity contribution in [3.63, 3.8) is 0 Å². The van der Waals surface area contributed by atoms with Crippen LogP contribution < -0.4 is 5.32 Å². The molecular weight excluding hydrogens is 262 g/mol. The van der Waals surface area contributed by atoms with Crippen molar-refractivity contribution in [1.29, 1.82) is 0 Å². The van der Waals surface area contributed by atoms with Gasteiger partial charge in [-0.25, -0.2) is 8.78 Å². The van der Waals surface area contributed by atoms with Crippen LogP contribution in [0, 0.1) is 0 Å². The Bertz CT molecular complexity index is 468. The van der Waals surface area contributed by atoms with Crippen LogP contribution in [0.3, 0.4) is 0 Å². The summed E-state index contributed by atoms with van der Waals surface area (Å²) >= 11 is 0. The van der Waals surface area contributed by atoms with Gasteiger partial charge in [0.2, 0.25) is 0 Å². The van der Waals surface area contributed by atoms with Crippen molar-refractivity contribution in [2.45, 2.75) is 18.6 Å². The molecule has 0 spiro atoms. The van der Waals surface area contributed by atoms with Crippen LogP contribution in [0.4, 0.5) is 8.78 Å². The number of hydrogen-bond acceptors (Lipinski definition) is 3. The molecule has 0 amide bonds. The number of pyridine rings is 1. The highest BCUT2D eigenvalue weighted by Gasteiger charge is 2.20. The second kappa shape index (κ2) is 7.07. The summed E-state index contributed by atoms with van der Waals surface area (Å²) in [5.41, 5.74) is 1.85. The molecule has 1 aromatic carbocycles. The first-order valence-electron chi connectivity index (χ1n) is 6.33. The molecule has 2 aromatic rings. The molecule has 20 heavy (non-hydrogen) atoms. The maximum Gasteiger partial charge on any atom is 0.265 e. The van der Waals surface area contributed by atoms with Crippen LogP contribution in [0.1, 0.15) is 17.2 Å². The molecule has 0 aliphatic rings. The lowest BCUT2D eigenvalue weighted by Crippen LogP contribution is -2.34. The van der Waals surface area contributed by atoms with E-state index in [9.17, 15) is 13.9 Å². The molecule has 5 heteroatoms. The number of aliphatic hydroxyl groups excluding tert-OH is 1. The Morgan fingerprint density at radius 1 is 1.00 bits per heavy atom. The third kappa shape index (κ3) is 3.82. The topological polar surface area (TPSA) is 45.1 Å². The first-order valence-corrected chi connectivity index (χ1v) is 6.33. The number of benzene rings is 1. The third-order valence-corrected chi connectivity index (χ3v) is 2.99. The summed E-state index contributed by atoms with van der Waals surface area (Å²) in [6.07, 6.45) is -1.13. The minimum absolute atomic E-state index is 0.181. The third-order valence-electron chi connectivity index (χ3n) is 2.99. The fourth-order valence-electron chi connectivity index (χ4n) is 1.96. The van der Waals surface area contributed by atoms with Crippen LogP contribution in [-0.2, 0) is 0 Å². The van der Waals surface area contributed by atoms with E-state index in [-0.39, 0.29) is 12.6 Å². The molecule has 2 atom stereocenters. The lowest BCUT2D eigenvalue weighted by Gasteiger charge is -2.21. The van der Waals surface area contributed by atoms with Gasteiger partial charge in [-0.15, -0.1) is 0 Å². The van der Waals surface area contributed by atoms with Crippen molar-refractivity contribution in [3.8, 4) is 0 Å². The lowest BCUT2D eigenvalue weighted by atomic mass is 9.99. The SMILES string of the molecule is OC(CNC(c1ccccc1)c1ccncc1)C(F)F. The van der Waals surface area contributed by atoms with E-state index in [0.29, 0.717) is 0 Å². The highest BCUT2D eigenvalue weighted by Crippen LogP contribution is 2.21. The Morgan fingerprint density at radius 2 is 1.60 bits per heavy atom. The van der Waals surface area contributed by atoms with Gasteiger partial charge in [-0.05, 0) is 23.3 Å². The maximum absolute atomic E-state index is 12.4. The second-order valence-electron chi connectivity index (χ2n) is 4.43. The van der Waals surface area contributed by atoms with Crippen molar-refractivity contribution < 1.29 is 13.9 Å². The Hall–Kier alpha value is -1.85. The summed E-state index contributed by atoms with van der Waals surface area (Å²) in [7, 11) is 0. The predicted octanol–water partition coefficient (Wildman–Crippen LogP) is 2.39. The van der Waals surface area contributed by atoms with Crippen molar-refractivity contribution in [2.75, 3.05) is 6.54 Å². The van der Waals surface area contributed by atoms with Crippen molar-refractivity contribution in [2.24, 2.45) is 0 Å². The van der Waals surface area contributed by atoms with Gasteiger partial charge in [-0.1, -0.05) is 30.3 Å². The highest BCUT2D eigenvalue weighted by atomic mass is 19.3. The number of nitrogens with zero attached hydrogens (tertiary/aromatic N) is 1. The van der Waals surface area contributed by atoms with Gasteiger partial charge in [0.25, 0.3) is 6.43 Å². The fraction of sp³-hybridized carbons (Fsp3) is 0.267. The predicted molar refractivity (Wildman–Crippen MR) is 72.5 cm³/mol. The Balaban J connectivity index is 2.17. The van der Waals surface area contributed by atoms with E-state index in [1.54, 1.807) is 12.4 Å². The van der Waals surface area contributed by atoms with E-state index in [4.69, 9.17) is 0 Å². The number of aromatic nitrogens is 1. The molecule has 0 aliphatic heterocycles. The maximum atomic E-state index is 12.4. The molecule has 3 nitrogen and oxygen atoms in total. The Kier molecular flexibility index (Phi) is 5.15. The zero-order valence-corrected chi connectivity index (χ0v) is 10.8. The summed E-state index contributed by atoms with van der Waals surface area (Å²) in [6.45, 7) is -0.181. The molecule has 0 bridgehead atoms. The summed E-state index contributed by atoms with van der Waals surface area (Å²) < 4.78 is 24.8. The minimum Gasteiger partial charge on any atom is -0.386 e. The van der Waals surface area contributed by atoms with E-state index in [2.05, 4.69) is 10.3 Å². The quantitative estimate of drug-likeness (QED) is 0.853. The zero-order chi connectivity index (χ0) is 14.4. The largest absolute Gasteiger partial charge is 0.386 e. The van der Waals surface area contributed by atoms with Crippen molar-refractivity contribution >= 4 is 0 Å². The second-order valence-corrected chi connectivity index (χ2v) is 4.43. The van der Waals surface area contributed by atoms with Crippen LogP contribution in [0.5, 0.6) is 0 Å². The summed E-state index contributed by atoms with van der Waals surface area (Å²) in [5, 5.41) is 12.2. The average molecular weight is 278 g/mol. The van der Waals surface area contributed by atoms with Gasteiger partial charge in [0, 0.05) is 18.9 Å². The van der Waals surface area contributed by atoms with Gasteiger partial charge >= 0.3 is 0 Å². The number of rotatable bonds is 6. The monoisotopic (exact) mass is 278 g/mol. The standard InChI is InChI=1S/C15H16F2N2O/c16-15(17)13(20)10-19-14(11-4-2-1-3-5-11)12-6-8-18-9-7-12/h1-9,13-15,19-20H,10H2. The van der Waals surface area contributed by atoms with E-state index >= 15 is 0 Å². The zero-order valence-electron chi connectivity index (χ0n) is 10.8. The molecular formula is C15H16F2N2O. The molecule has 0 saturated heterocycles. The molecule has 0 radical (unpaired) electrons. The molecule has 0 saturated carbocycles. The molecule has 0 fully saturated rings. The number of nitrogens with one attached hydrogen (secondary N) is 1. The summed E-state index contributed by atoms with van der Waals surface area (Å²) in [5.74, 6) is 0. The van der Waals surface area contributed by atoms with E-state index in [1.165, 1.54) is 0 Å². The molecule has 1 heterocycles. The van der Waals surface area contributed by atoms with Crippen LogP contribution in [0.15, 0.2) is 54.9 Å². The van der Waals surface area contributed by atoms with E-state index < -0.39 is 12.5 Å². The molecule has 2 N–H and O–H groups in total. The molecule has 106 valence electrons. The van der Waals surface area contributed by atoms with Crippen molar-refractivity contribution in [3.05, 3.63) is 66.0 Å². The average Bonchev–Trinajstić information content (AvgIpc) is 2.49. The number of aliphatic hydroxyl groups is 1. The number of hydrogen-bond donors (Lipinski definition) is 2. The molecule has 1 aromatic heterocycles. The number of alkyl halides is 2. The summed E-state index contributed by atoms with van der Waals surface area (Å²) in [6, 6.07) is 12.9. The lowest BCUT2D eigenvalue weighted by molar-refractivity contribution is -0.00411. The van der Waals surface area contributed by atoms with Gasteiger partial charge in [-0.3, -0.25) is 4.98 Å². The van der Waals surface area contributed by atoms with Crippen molar-refractivity contribution in [1.82, 2.24) is 10.3 Å². The number of halogens is 2. The molecule has 2 unspecified atom stereocenters. The van der Waals surface area contributed by atoms with Gasteiger partial charge in [0.05, 0.1) is 6.04 Å². The minimum atomic E-state index is -2.75. The van der Waals surface area contributed by atoms with Gasteiger partial charge in [-0.2, -0.15) is 0 Å². The van der Waals surface area contributed by atoms with E-state index in [0.717, 1.165) is 11.1 Å². The van der Waals surface area contributed by atoms with Crippen LogP contribution in [0.2, 0.25) is 0 Å². The normalized spacial score (nSPS) is 14.2. The Labute approximate surface area is 116 Å². The first kappa shape index (κ1) is 14.6.